The van der Waals surface area contributed by atoms with Crippen molar-refractivity contribution >= 4 is 11.6 Å². The highest BCUT2D eigenvalue weighted by Gasteiger charge is 2.19. The molecule has 1 N–H and O–H groups in total. The molecular weight excluding hydrogens is 410 g/mol. The third kappa shape index (κ3) is 5.63. The van der Waals surface area contributed by atoms with Crippen LogP contribution in [0.5, 0.6) is 17.2 Å². The van der Waals surface area contributed by atoms with E-state index in [-0.39, 0.29) is 5.91 Å². The molecule has 0 saturated heterocycles. The first-order valence-corrected chi connectivity index (χ1v) is 10.6. The number of benzene rings is 2. The summed E-state index contributed by atoms with van der Waals surface area (Å²) >= 11 is 0. The van der Waals surface area contributed by atoms with Gasteiger partial charge in [0.15, 0.2) is 11.5 Å². The van der Waals surface area contributed by atoms with Crippen molar-refractivity contribution in [3.05, 3.63) is 57.5 Å². The molecule has 1 aliphatic heterocycles. The number of hydrogen-bond donors (Lipinski definition) is 1. The van der Waals surface area contributed by atoms with Gasteiger partial charge in [-0.1, -0.05) is 5.11 Å². The molecule has 0 aromatic heterocycles. The smallest absolute Gasteiger partial charge is 0.255 e. The van der Waals surface area contributed by atoms with E-state index in [4.69, 9.17) is 19.7 Å². The molecule has 0 bridgehead atoms. The van der Waals surface area contributed by atoms with Gasteiger partial charge in [0.05, 0.1) is 26.9 Å². The minimum atomic E-state index is -0.246. The number of carbonyl (C=O) groups excluding carboxylic acids is 1. The van der Waals surface area contributed by atoms with Gasteiger partial charge in [-0.15, -0.1) is 0 Å². The van der Waals surface area contributed by atoms with Crippen LogP contribution in [-0.4, -0.2) is 51.8 Å². The SMILES string of the molecule is COc1cc2c(cc1OC)CN(CCCCNC(=O)c1cc(N=[N+]=[N-])ccc1OC)CC2. The first-order valence-electron chi connectivity index (χ1n) is 10.6. The molecule has 1 amide bonds. The van der Waals surface area contributed by atoms with E-state index in [0.29, 0.717) is 23.5 Å². The van der Waals surface area contributed by atoms with Gasteiger partial charge in [-0.25, -0.2) is 0 Å². The largest absolute Gasteiger partial charge is 0.496 e. The molecule has 2 aromatic rings. The Kier molecular flexibility index (Phi) is 8.19. The van der Waals surface area contributed by atoms with Crippen molar-refractivity contribution in [1.82, 2.24) is 10.2 Å². The molecule has 9 heteroatoms. The molecule has 3 rings (SSSR count). The van der Waals surface area contributed by atoms with E-state index >= 15 is 0 Å². The van der Waals surface area contributed by atoms with Crippen LogP contribution in [0.4, 0.5) is 5.69 Å². The number of hydrogen-bond acceptors (Lipinski definition) is 6. The lowest BCUT2D eigenvalue weighted by molar-refractivity contribution is 0.0949. The normalized spacial score (nSPS) is 13.0. The van der Waals surface area contributed by atoms with Gasteiger partial charge in [0.2, 0.25) is 0 Å². The molecule has 1 aliphatic rings. The van der Waals surface area contributed by atoms with Gasteiger partial charge in [-0.3, -0.25) is 9.69 Å². The lowest BCUT2D eigenvalue weighted by Crippen LogP contribution is -2.32. The summed E-state index contributed by atoms with van der Waals surface area (Å²) in [5, 5.41) is 6.47. The van der Waals surface area contributed by atoms with Gasteiger partial charge >= 0.3 is 0 Å². The lowest BCUT2D eigenvalue weighted by atomic mass is 9.98. The third-order valence-electron chi connectivity index (χ3n) is 5.57. The van der Waals surface area contributed by atoms with Crippen molar-refractivity contribution in [3.63, 3.8) is 0 Å². The molecule has 0 atom stereocenters. The Hall–Kier alpha value is -3.42. The fourth-order valence-corrected chi connectivity index (χ4v) is 3.88. The van der Waals surface area contributed by atoms with Crippen molar-refractivity contribution in [2.24, 2.45) is 5.11 Å². The van der Waals surface area contributed by atoms with Crippen molar-refractivity contribution in [1.29, 1.82) is 0 Å². The second-order valence-electron chi connectivity index (χ2n) is 7.54. The van der Waals surface area contributed by atoms with E-state index in [2.05, 4.69) is 32.4 Å². The molecule has 0 saturated carbocycles. The van der Waals surface area contributed by atoms with Crippen LogP contribution < -0.4 is 19.5 Å². The number of carbonyl (C=O) groups is 1. The van der Waals surface area contributed by atoms with Crippen LogP contribution >= 0.6 is 0 Å². The number of ether oxygens (including phenoxy) is 3. The maximum atomic E-state index is 12.5. The fourth-order valence-electron chi connectivity index (χ4n) is 3.88. The van der Waals surface area contributed by atoms with E-state index in [1.54, 1.807) is 26.4 Å². The predicted octanol–water partition coefficient (Wildman–Crippen LogP) is 4.22. The van der Waals surface area contributed by atoms with Gasteiger partial charge in [0.25, 0.3) is 5.91 Å². The van der Waals surface area contributed by atoms with Gasteiger partial charge < -0.3 is 19.5 Å². The highest BCUT2D eigenvalue weighted by Crippen LogP contribution is 2.33. The van der Waals surface area contributed by atoms with Crippen molar-refractivity contribution in [2.45, 2.75) is 25.8 Å². The highest BCUT2D eigenvalue weighted by atomic mass is 16.5. The average Bonchev–Trinajstić information content (AvgIpc) is 2.82. The van der Waals surface area contributed by atoms with Crippen LogP contribution in [0.3, 0.4) is 0 Å². The number of nitrogens with one attached hydrogen (secondary N) is 1. The maximum Gasteiger partial charge on any atom is 0.255 e. The molecule has 0 radical (unpaired) electrons. The van der Waals surface area contributed by atoms with Gasteiger partial charge in [0, 0.05) is 30.2 Å². The number of nitrogens with zero attached hydrogens (tertiary/aromatic N) is 4. The predicted molar refractivity (Wildman–Crippen MR) is 122 cm³/mol. The number of methoxy groups -OCH3 is 3. The lowest BCUT2D eigenvalue weighted by Gasteiger charge is -2.29. The highest BCUT2D eigenvalue weighted by molar-refractivity contribution is 5.97. The third-order valence-corrected chi connectivity index (χ3v) is 5.57. The summed E-state index contributed by atoms with van der Waals surface area (Å²) < 4.78 is 16.1. The Labute approximate surface area is 187 Å². The Balaban J connectivity index is 1.47. The van der Waals surface area contributed by atoms with Crippen LogP contribution in [0.1, 0.15) is 34.3 Å². The van der Waals surface area contributed by atoms with Crippen LogP contribution in [0, 0.1) is 0 Å². The Morgan fingerprint density at radius 3 is 2.47 bits per heavy atom. The van der Waals surface area contributed by atoms with E-state index in [1.165, 1.54) is 24.3 Å². The number of fused-ring (bicyclic) bond motifs is 1. The average molecular weight is 440 g/mol. The topological polar surface area (TPSA) is 109 Å². The van der Waals surface area contributed by atoms with Crippen molar-refractivity contribution < 1.29 is 19.0 Å². The second-order valence-corrected chi connectivity index (χ2v) is 7.54. The summed E-state index contributed by atoms with van der Waals surface area (Å²) in [6.45, 7) is 3.40. The van der Waals surface area contributed by atoms with E-state index in [0.717, 1.165) is 50.4 Å². The van der Waals surface area contributed by atoms with Crippen LogP contribution in [-0.2, 0) is 13.0 Å². The first-order chi connectivity index (χ1) is 15.6. The zero-order valence-corrected chi connectivity index (χ0v) is 18.8. The zero-order chi connectivity index (χ0) is 22.9. The quantitative estimate of drug-likeness (QED) is 0.258. The Bertz CT molecular complexity index is 1000. The molecule has 0 aliphatic carbocycles. The number of amides is 1. The zero-order valence-electron chi connectivity index (χ0n) is 18.8. The maximum absolute atomic E-state index is 12.5. The van der Waals surface area contributed by atoms with Gasteiger partial charge in [-0.2, -0.15) is 0 Å². The molecule has 0 spiro atoms. The summed E-state index contributed by atoms with van der Waals surface area (Å²) in [6, 6.07) is 8.91. The monoisotopic (exact) mass is 439 g/mol. The number of unbranched alkanes of at least 4 members (excludes halogenated alkanes) is 1. The number of rotatable bonds is 10. The number of azide groups is 1. The minimum Gasteiger partial charge on any atom is -0.496 e. The van der Waals surface area contributed by atoms with Crippen LogP contribution in [0.15, 0.2) is 35.4 Å². The molecule has 1 heterocycles. The summed E-state index contributed by atoms with van der Waals surface area (Å²) in [5.41, 5.74) is 11.9. The second kappa shape index (κ2) is 11.3. The fraction of sp³-hybridized carbons (Fsp3) is 0.435. The van der Waals surface area contributed by atoms with Crippen molar-refractivity contribution in [3.8, 4) is 17.2 Å². The summed E-state index contributed by atoms with van der Waals surface area (Å²) in [7, 11) is 4.81. The molecular formula is C23H29N5O4. The summed E-state index contributed by atoms with van der Waals surface area (Å²) in [6.07, 6.45) is 2.81. The Morgan fingerprint density at radius 2 is 1.78 bits per heavy atom. The van der Waals surface area contributed by atoms with Gasteiger partial charge in [-0.05, 0) is 72.8 Å². The molecule has 170 valence electrons. The molecule has 9 nitrogen and oxygen atoms in total. The first kappa shape index (κ1) is 23.2. The van der Waals surface area contributed by atoms with E-state index < -0.39 is 0 Å². The van der Waals surface area contributed by atoms with Crippen molar-refractivity contribution in [2.75, 3.05) is 41.0 Å². The molecule has 2 aromatic carbocycles. The summed E-state index contributed by atoms with van der Waals surface area (Å²) in [5.74, 6) is 1.73. The Morgan fingerprint density at radius 1 is 1.06 bits per heavy atom. The van der Waals surface area contributed by atoms with Crippen LogP contribution in [0.2, 0.25) is 0 Å². The standard InChI is InChI=1S/C23H29N5O4/c1-30-20-7-6-18(26-27-24)14-19(20)23(29)25-9-4-5-10-28-11-8-16-12-21(31-2)22(32-3)13-17(16)15-28/h6-7,12-14H,4-5,8-11,15H2,1-3H3,(H,25,29). The van der Waals surface area contributed by atoms with Gasteiger partial charge in [0.1, 0.15) is 5.75 Å². The summed E-state index contributed by atoms with van der Waals surface area (Å²) in [4.78, 5) is 17.7. The molecule has 32 heavy (non-hydrogen) atoms. The molecule has 0 unspecified atom stereocenters. The van der Waals surface area contributed by atoms with E-state index in [9.17, 15) is 4.79 Å². The van der Waals surface area contributed by atoms with Crippen LogP contribution in [0.25, 0.3) is 10.4 Å². The molecule has 0 fully saturated rings. The minimum absolute atomic E-state index is 0.246. The van der Waals surface area contributed by atoms with E-state index in [1.807, 2.05) is 0 Å².